The van der Waals surface area contributed by atoms with Crippen molar-refractivity contribution >= 4 is 17.5 Å². The Hall–Kier alpha value is -2.24. The average Bonchev–Trinajstić information content (AvgIpc) is 2.49. The van der Waals surface area contributed by atoms with Gasteiger partial charge in [-0.2, -0.15) is 0 Å². The molecule has 1 aliphatic heterocycles. The fraction of sp³-hybridized carbons (Fsp3) is 0.529. The highest BCUT2D eigenvalue weighted by Gasteiger charge is 2.25. The van der Waals surface area contributed by atoms with Crippen LogP contribution >= 0.6 is 0 Å². The molecule has 1 fully saturated rings. The fourth-order valence-electron chi connectivity index (χ4n) is 2.77. The lowest BCUT2D eigenvalue weighted by atomic mass is 9.85. The molecule has 1 aromatic carbocycles. The first kappa shape index (κ1) is 15.6. The summed E-state index contributed by atoms with van der Waals surface area (Å²) in [5.74, 6) is 1.54. The van der Waals surface area contributed by atoms with Gasteiger partial charge in [0, 0.05) is 37.7 Å². The van der Waals surface area contributed by atoms with Gasteiger partial charge in [-0.15, -0.1) is 0 Å². The molecular weight excluding hydrogens is 296 g/mol. The van der Waals surface area contributed by atoms with Gasteiger partial charge in [0.25, 0.3) is 0 Å². The van der Waals surface area contributed by atoms with Crippen LogP contribution in [0.1, 0.15) is 26.2 Å². The molecule has 1 N–H and O–H groups in total. The van der Waals surface area contributed by atoms with Crippen LogP contribution in [-0.2, 0) is 9.59 Å². The van der Waals surface area contributed by atoms with Crippen LogP contribution in [0.4, 0.5) is 5.69 Å². The summed E-state index contributed by atoms with van der Waals surface area (Å²) in [5, 5.41) is 2.91. The van der Waals surface area contributed by atoms with Gasteiger partial charge >= 0.3 is 0 Å². The van der Waals surface area contributed by atoms with E-state index in [4.69, 9.17) is 9.47 Å². The number of nitrogens with one attached hydrogen (secondary N) is 1. The number of carbonyl (C=O) groups excluding carboxylic acids is 2. The molecule has 0 radical (unpaired) electrons. The van der Waals surface area contributed by atoms with Crippen molar-refractivity contribution in [1.29, 1.82) is 0 Å². The Morgan fingerprint density at radius 2 is 1.96 bits per heavy atom. The normalized spacial score (nSPS) is 16.4. The molecule has 1 aromatic rings. The first-order chi connectivity index (χ1) is 11.1. The van der Waals surface area contributed by atoms with Crippen molar-refractivity contribution in [2.24, 2.45) is 5.92 Å². The molecule has 0 spiro atoms. The number of nitrogens with zero attached hydrogens (tertiary/aromatic N) is 1. The molecule has 2 amide bonds. The smallest absolute Gasteiger partial charge is 0.223 e. The number of hydrogen-bond donors (Lipinski definition) is 1. The molecule has 6 heteroatoms. The van der Waals surface area contributed by atoms with Gasteiger partial charge < -0.3 is 19.7 Å². The van der Waals surface area contributed by atoms with Crippen LogP contribution < -0.4 is 19.7 Å². The van der Waals surface area contributed by atoms with Gasteiger partial charge in [0.1, 0.15) is 13.2 Å². The second-order valence-corrected chi connectivity index (χ2v) is 5.92. The van der Waals surface area contributed by atoms with E-state index in [1.807, 2.05) is 18.2 Å². The van der Waals surface area contributed by atoms with Gasteiger partial charge in [0.15, 0.2) is 11.5 Å². The summed E-state index contributed by atoms with van der Waals surface area (Å²) in [6.07, 6.45) is 3.09. The van der Waals surface area contributed by atoms with Gasteiger partial charge in [-0.3, -0.25) is 9.59 Å². The minimum absolute atomic E-state index is 0.0698. The maximum atomic E-state index is 11.9. The van der Waals surface area contributed by atoms with E-state index in [0.29, 0.717) is 37.8 Å². The van der Waals surface area contributed by atoms with E-state index in [9.17, 15) is 9.59 Å². The van der Waals surface area contributed by atoms with Crippen molar-refractivity contribution in [3.8, 4) is 11.5 Å². The number of carbonyl (C=O) groups is 2. The summed E-state index contributed by atoms with van der Waals surface area (Å²) < 4.78 is 11.0. The van der Waals surface area contributed by atoms with Gasteiger partial charge in [-0.25, -0.2) is 0 Å². The SMILES string of the molecule is CC(=O)N(CCNC(=O)C1CCC1)c1ccc2c(c1)OCCO2. The Bertz CT molecular complexity index is 598. The zero-order valence-electron chi connectivity index (χ0n) is 13.3. The number of ether oxygens (including phenoxy) is 2. The second kappa shape index (κ2) is 6.89. The fourth-order valence-corrected chi connectivity index (χ4v) is 2.77. The molecule has 1 heterocycles. The third kappa shape index (κ3) is 3.57. The molecule has 2 aliphatic rings. The van der Waals surface area contributed by atoms with Gasteiger partial charge in [-0.1, -0.05) is 6.42 Å². The summed E-state index contributed by atoms with van der Waals surface area (Å²) >= 11 is 0. The molecule has 0 bridgehead atoms. The molecule has 1 aliphatic carbocycles. The van der Waals surface area contributed by atoms with Gasteiger partial charge in [0.2, 0.25) is 11.8 Å². The lowest BCUT2D eigenvalue weighted by Gasteiger charge is -2.26. The predicted octanol–water partition coefficient (Wildman–Crippen LogP) is 1.73. The van der Waals surface area contributed by atoms with E-state index in [0.717, 1.165) is 24.9 Å². The summed E-state index contributed by atoms with van der Waals surface area (Å²) in [6.45, 7) is 3.45. The van der Waals surface area contributed by atoms with Crippen LogP contribution in [-0.4, -0.2) is 38.1 Å². The summed E-state index contributed by atoms with van der Waals surface area (Å²) in [4.78, 5) is 25.4. The molecule has 1 saturated carbocycles. The van der Waals surface area contributed by atoms with Crippen molar-refractivity contribution in [3.05, 3.63) is 18.2 Å². The summed E-state index contributed by atoms with van der Waals surface area (Å²) in [6, 6.07) is 5.46. The monoisotopic (exact) mass is 318 g/mol. The molecule has 0 saturated heterocycles. The number of amides is 2. The minimum atomic E-state index is -0.0698. The maximum Gasteiger partial charge on any atom is 0.223 e. The van der Waals surface area contributed by atoms with Crippen molar-refractivity contribution < 1.29 is 19.1 Å². The Morgan fingerprint density at radius 3 is 2.61 bits per heavy atom. The van der Waals surface area contributed by atoms with Crippen LogP contribution in [0.2, 0.25) is 0 Å². The molecular formula is C17H22N2O4. The van der Waals surface area contributed by atoms with Gasteiger partial charge in [-0.05, 0) is 25.0 Å². The maximum absolute atomic E-state index is 11.9. The van der Waals surface area contributed by atoms with E-state index in [-0.39, 0.29) is 17.7 Å². The number of fused-ring (bicyclic) bond motifs is 1. The van der Waals surface area contributed by atoms with Crippen LogP contribution in [0.5, 0.6) is 11.5 Å². The lowest BCUT2D eigenvalue weighted by molar-refractivity contribution is -0.127. The Balaban J connectivity index is 1.61. The molecule has 23 heavy (non-hydrogen) atoms. The highest BCUT2D eigenvalue weighted by Crippen LogP contribution is 2.34. The highest BCUT2D eigenvalue weighted by atomic mass is 16.6. The first-order valence-electron chi connectivity index (χ1n) is 8.10. The van der Waals surface area contributed by atoms with E-state index in [1.54, 1.807) is 4.90 Å². The largest absolute Gasteiger partial charge is 0.486 e. The van der Waals surface area contributed by atoms with E-state index in [1.165, 1.54) is 6.92 Å². The van der Waals surface area contributed by atoms with E-state index in [2.05, 4.69) is 5.32 Å². The molecule has 6 nitrogen and oxygen atoms in total. The average molecular weight is 318 g/mol. The molecule has 0 atom stereocenters. The van der Waals surface area contributed by atoms with Crippen molar-refractivity contribution in [1.82, 2.24) is 5.32 Å². The van der Waals surface area contributed by atoms with Crippen LogP contribution in [0.15, 0.2) is 18.2 Å². The van der Waals surface area contributed by atoms with Crippen molar-refractivity contribution in [2.75, 3.05) is 31.2 Å². The van der Waals surface area contributed by atoms with Gasteiger partial charge in [0.05, 0.1) is 0 Å². The molecule has 3 rings (SSSR count). The van der Waals surface area contributed by atoms with Crippen LogP contribution in [0.25, 0.3) is 0 Å². The Kier molecular flexibility index (Phi) is 4.69. The van der Waals surface area contributed by atoms with E-state index >= 15 is 0 Å². The van der Waals surface area contributed by atoms with E-state index < -0.39 is 0 Å². The summed E-state index contributed by atoms with van der Waals surface area (Å²) in [5.41, 5.74) is 0.750. The number of benzene rings is 1. The van der Waals surface area contributed by atoms with Crippen molar-refractivity contribution in [3.63, 3.8) is 0 Å². The van der Waals surface area contributed by atoms with Crippen LogP contribution in [0, 0.1) is 5.92 Å². The Morgan fingerprint density at radius 1 is 1.22 bits per heavy atom. The number of rotatable bonds is 5. The topological polar surface area (TPSA) is 67.9 Å². The molecule has 124 valence electrons. The number of anilines is 1. The second-order valence-electron chi connectivity index (χ2n) is 5.92. The first-order valence-corrected chi connectivity index (χ1v) is 8.10. The Labute approximate surface area is 135 Å². The summed E-state index contributed by atoms with van der Waals surface area (Å²) in [7, 11) is 0. The number of hydrogen-bond acceptors (Lipinski definition) is 4. The van der Waals surface area contributed by atoms with Crippen LogP contribution in [0.3, 0.4) is 0 Å². The van der Waals surface area contributed by atoms with Crippen molar-refractivity contribution in [2.45, 2.75) is 26.2 Å². The lowest BCUT2D eigenvalue weighted by Crippen LogP contribution is -2.41. The third-order valence-electron chi connectivity index (χ3n) is 4.33. The standard InChI is InChI=1S/C17H22N2O4/c1-12(20)19(8-7-18-17(21)13-3-2-4-13)14-5-6-15-16(11-14)23-10-9-22-15/h5-6,11,13H,2-4,7-10H2,1H3,(H,18,21). The third-order valence-corrected chi connectivity index (χ3v) is 4.33. The molecule has 0 unspecified atom stereocenters. The quantitative estimate of drug-likeness (QED) is 0.898. The zero-order valence-corrected chi connectivity index (χ0v) is 13.3. The zero-order chi connectivity index (χ0) is 16.2. The predicted molar refractivity (Wildman–Crippen MR) is 85.8 cm³/mol. The highest BCUT2D eigenvalue weighted by molar-refractivity contribution is 5.92. The molecule has 0 aromatic heterocycles. The minimum Gasteiger partial charge on any atom is -0.486 e.